The zero-order chi connectivity index (χ0) is 23.4. The van der Waals surface area contributed by atoms with Crippen LogP contribution < -0.4 is 20.1 Å². The summed E-state index contributed by atoms with van der Waals surface area (Å²) in [5.74, 6) is 1.22. The molecule has 1 aliphatic heterocycles. The van der Waals surface area contributed by atoms with Crippen LogP contribution in [0.25, 0.3) is 17.4 Å². The molecule has 1 saturated heterocycles. The Morgan fingerprint density at radius 3 is 2.24 bits per heavy atom. The highest BCUT2D eigenvalue weighted by Crippen LogP contribution is 2.26. The molecule has 0 radical (unpaired) electrons. The third kappa shape index (κ3) is 4.87. The van der Waals surface area contributed by atoms with Crippen LogP contribution in [-0.4, -0.2) is 43.5 Å². The Kier molecular flexibility index (Phi) is 6.12. The fourth-order valence-corrected chi connectivity index (χ4v) is 3.22. The lowest BCUT2D eigenvalue weighted by atomic mass is 10.2. The molecule has 0 aliphatic carbocycles. The average molecular weight is 447 g/mol. The van der Waals surface area contributed by atoms with Crippen molar-refractivity contribution in [3.05, 3.63) is 72.1 Å². The monoisotopic (exact) mass is 447 g/mol. The van der Waals surface area contributed by atoms with Gasteiger partial charge in [0.1, 0.15) is 35.3 Å². The van der Waals surface area contributed by atoms with Crippen LogP contribution in [0.5, 0.6) is 11.5 Å². The summed E-state index contributed by atoms with van der Waals surface area (Å²) in [6, 6.07) is 16.8. The first-order valence-electron chi connectivity index (χ1n) is 9.99. The van der Waals surface area contributed by atoms with Crippen molar-refractivity contribution >= 4 is 29.6 Å². The molecule has 9 heteroatoms. The topological polar surface area (TPSA) is 110 Å². The minimum Gasteiger partial charge on any atom is -0.497 e. The Labute approximate surface area is 189 Å². The molecule has 4 rings (SSSR count). The van der Waals surface area contributed by atoms with E-state index >= 15 is 0 Å². The molecular weight excluding hydrogens is 426 g/mol. The maximum absolute atomic E-state index is 12.7. The van der Waals surface area contributed by atoms with E-state index in [0.717, 1.165) is 16.2 Å². The van der Waals surface area contributed by atoms with Crippen molar-refractivity contribution in [1.82, 2.24) is 10.2 Å². The van der Waals surface area contributed by atoms with Gasteiger partial charge in [0.2, 0.25) is 5.91 Å². The van der Waals surface area contributed by atoms with Crippen molar-refractivity contribution in [2.24, 2.45) is 0 Å². The first kappa shape index (κ1) is 21.7. The number of nitrogens with one attached hydrogen (secondary N) is 2. The second-order valence-electron chi connectivity index (χ2n) is 7.09. The SMILES string of the molecule is COc1ccc(NC(=O)CN2C(=O)NC(=Cc3ccc(-c4ccc(OC)cc4)o3)C2=O)cc1. The van der Waals surface area contributed by atoms with Crippen molar-refractivity contribution in [3.8, 4) is 22.8 Å². The first-order valence-corrected chi connectivity index (χ1v) is 9.99. The van der Waals surface area contributed by atoms with Gasteiger partial charge in [0.25, 0.3) is 5.91 Å². The van der Waals surface area contributed by atoms with Crippen molar-refractivity contribution in [3.63, 3.8) is 0 Å². The number of hydrogen-bond donors (Lipinski definition) is 2. The van der Waals surface area contributed by atoms with Crippen molar-refractivity contribution < 1.29 is 28.3 Å². The van der Waals surface area contributed by atoms with Crippen LogP contribution >= 0.6 is 0 Å². The molecule has 4 amide bonds. The maximum atomic E-state index is 12.7. The fraction of sp³-hybridized carbons (Fsp3) is 0.125. The summed E-state index contributed by atoms with van der Waals surface area (Å²) in [5, 5.41) is 5.12. The summed E-state index contributed by atoms with van der Waals surface area (Å²) < 4.78 is 16.0. The van der Waals surface area contributed by atoms with Gasteiger partial charge < -0.3 is 24.5 Å². The van der Waals surface area contributed by atoms with E-state index in [-0.39, 0.29) is 5.70 Å². The smallest absolute Gasteiger partial charge is 0.329 e. The van der Waals surface area contributed by atoms with Gasteiger partial charge in [-0.2, -0.15) is 0 Å². The van der Waals surface area contributed by atoms with Crippen molar-refractivity contribution in [1.29, 1.82) is 0 Å². The van der Waals surface area contributed by atoms with Gasteiger partial charge in [0, 0.05) is 17.3 Å². The number of hydrogen-bond acceptors (Lipinski definition) is 6. The highest BCUT2D eigenvalue weighted by Gasteiger charge is 2.35. The molecule has 0 unspecified atom stereocenters. The zero-order valence-corrected chi connectivity index (χ0v) is 18.0. The molecule has 0 bridgehead atoms. The molecule has 0 spiro atoms. The van der Waals surface area contributed by atoms with Gasteiger partial charge in [-0.05, 0) is 60.7 Å². The molecule has 9 nitrogen and oxygen atoms in total. The number of carbonyl (C=O) groups is 3. The lowest BCUT2D eigenvalue weighted by Gasteiger charge is -2.12. The Balaban J connectivity index is 1.42. The molecular formula is C24H21N3O6. The van der Waals surface area contributed by atoms with E-state index < -0.39 is 24.4 Å². The van der Waals surface area contributed by atoms with Gasteiger partial charge in [0.15, 0.2) is 0 Å². The normalized spacial score (nSPS) is 14.4. The second kappa shape index (κ2) is 9.31. The van der Waals surface area contributed by atoms with E-state index in [0.29, 0.717) is 23.0 Å². The van der Waals surface area contributed by atoms with E-state index in [4.69, 9.17) is 13.9 Å². The van der Waals surface area contributed by atoms with Crippen LogP contribution in [0.1, 0.15) is 5.76 Å². The Hall–Kier alpha value is -4.53. The number of anilines is 1. The van der Waals surface area contributed by atoms with Crippen LogP contribution in [-0.2, 0) is 9.59 Å². The minimum absolute atomic E-state index is 0.0212. The molecule has 1 aromatic heterocycles. The third-order valence-corrected chi connectivity index (χ3v) is 4.93. The summed E-state index contributed by atoms with van der Waals surface area (Å²) in [6.07, 6.45) is 1.43. The van der Waals surface area contributed by atoms with Crippen LogP contribution in [0.2, 0.25) is 0 Å². The highest BCUT2D eigenvalue weighted by atomic mass is 16.5. The number of methoxy groups -OCH3 is 2. The van der Waals surface area contributed by atoms with Gasteiger partial charge in [-0.15, -0.1) is 0 Å². The number of ether oxygens (including phenoxy) is 2. The van der Waals surface area contributed by atoms with Crippen LogP contribution in [0.15, 0.2) is 70.8 Å². The number of nitrogens with zero attached hydrogens (tertiary/aromatic N) is 1. The van der Waals surface area contributed by atoms with Crippen LogP contribution in [0.3, 0.4) is 0 Å². The molecule has 0 saturated carbocycles. The summed E-state index contributed by atoms with van der Waals surface area (Å²) >= 11 is 0. The summed E-state index contributed by atoms with van der Waals surface area (Å²) in [5.41, 5.74) is 1.37. The zero-order valence-electron chi connectivity index (χ0n) is 18.0. The average Bonchev–Trinajstić information content (AvgIpc) is 3.40. The molecule has 3 aromatic rings. The van der Waals surface area contributed by atoms with Gasteiger partial charge in [-0.1, -0.05) is 0 Å². The van der Waals surface area contributed by atoms with Gasteiger partial charge in [-0.25, -0.2) is 9.69 Å². The van der Waals surface area contributed by atoms with Gasteiger partial charge >= 0.3 is 6.03 Å². The number of rotatable bonds is 7. The maximum Gasteiger partial charge on any atom is 0.329 e. The molecule has 0 atom stereocenters. The summed E-state index contributed by atoms with van der Waals surface area (Å²) in [6.45, 7) is -0.427. The molecule has 1 fully saturated rings. The van der Waals surface area contributed by atoms with Gasteiger partial charge in [-0.3, -0.25) is 9.59 Å². The van der Waals surface area contributed by atoms with E-state index in [2.05, 4.69) is 10.6 Å². The molecule has 2 N–H and O–H groups in total. The Morgan fingerprint density at radius 2 is 1.61 bits per heavy atom. The summed E-state index contributed by atoms with van der Waals surface area (Å²) in [4.78, 5) is 38.1. The number of imide groups is 1. The summed E-state index contributed by atoms with van der Waals surface area (Å²) in [7, 11) is 3.13. The van der Waals surface area contributed by atoms with Crippen molar-refractivity contribution in [2.45, 2.75) is 0 Å². The van der Waals surface area contributed by atoms with E-state index in [9.17, 15) is 14.4 Å². The first-order chi connectivity index (χ1) is 16.0. The molecule has 2 heterocycles. The number of benzene rings is 2. The van der Waals surface area contributed by atoms with Crippen LogP contribution in [0.4, 0.5) is 10.5 Å². The molecule has 2 aromatic carbocycles. The third-order valence-electron chi connectivity index (χ3n) is 4.93. The lowest BCUT2D eigenvalue weighted by molar-refractivity contribution is -0.127. The quantitative estimate of drug-likeness (QED) is 0.424. The molecule has 1 aliphatic rings. The molecule has 168 valence electrons. The number of amides is 4. The van der Waals surface area contributed by atoms with Crippen molar-refractivity contribution in [2.75, 3.05) is 26.1 Å². The van der Waals surface area contributed by atoms with E-state index in [1.54, 1.807) is 50.6 Å². The number of furan rings is 1. The van der Waals surface area contributed by atoms with E-state index in [1.807, 2.05) is 24.3 Å². The Bertz CT molecular complexity index is 1210. The van der Waals surface area contributed by atoms with Crippen LogP contribution in [0, 0.1) is 0 Å². The van der Waals surface area contributed by atoms with E-state index in [1.165, 1.54) is 6.08 Å². The minimum atomic E-state index is -0.682. The standard InChI is InChI=1S/C24H21N3O6/c1-31-17-7-3-15(4-8-17)21-12-11-19(33-21)13-20-23(29)27(24(30)26-20)14-22(28)25-16-5-9-18(32-2)10-6-16/h3-13H,14H2,1-2H3,(H,25,28)(H,26,30). The predicted molar refractivity (Wildman–Crippen MR) is 121 cm³/mol. The van der Waals surface area contributed by atoms with Gasteiger partial charge in [0.05, 0.1) is 14.2 Å². The highest BCUT2D eigenvalue weighted by molar-refractivity contribution is 6.15. The lowest BCUT2D eigenvalue weighted by Crippen LogP contribution is -2.38. The largest absolute Gasteiger partial charge is 0.497 e. The molecule has 33 heavy (non-hydrogen) atoms. The second-order valence-corrected chi connectivity index (χ2v) is 7.09. The fourth-order valence-electron chi connectivity index (χ4n) is 3.22. The predicted octanol–water partition coefficient (Wildman–Crippen LogP) is 3.50. The number of carbonyl (C=O) groups excluding carboxylic acids is 3. The number of urea groups is 1. The Morgan fingerprint density at radius 1 is 0.970 bits per heavy atom.